The van der Waals surface area contributed by atoms with Crippen LogP contribution in [-0.2, 0) is 0 Å². The molecule has 2 aromatic rings. The molecule has 2 N–H and O–H groups in total. The number of amides is 1. The van der Waals surface area contributed by atoms with Crippen LogP contribution in [0.2, 0.25) is 0 Å². The van der Waals surface area contributed by atoms with Crippen LogP contribution >= 0.6 is 0 Å². The number of hydrogen-bond donors (Lipinski definition) is 2. The Morgan fingerprint density at radius 3 is 2.27 bits per heavy atom. The summed E-state index contributed by atoms with van der Waals surface area (Å²) in [5, 5.41) is 11.5. The molecular formula is C17H15NO4. The number of hydrogen-bond acceptors (Lipinski definition) is 3. The van der Waals surface area contributed by atoms with Gasteiger partial charge in [-0.05, 0) is 30.7 Å². The number of carbonyl (C=O) groups is 3. The highest BCUT2D eigenvalue weighted by Gasteiger charge is 2.12. The Morgan fingerprint density at radius 2 is 1.68 bits per heavy atom. The fourth-order valence-corrected chi connectivity index (χ4v) is 2.03. The van der Waals surface area contributed by atoms with Gasteiger partial charge in [-0.3, -0.25) is 9.59 Å². The minimum atomic E-state index is -1.04. The number of rotatable bonds is 5. The number of ketones is 1. The molecule has 0 radical (unpaired) electrons. The predicted octanol–water partition coefficient (Wildman–Crippen LogP) is 2.31. The van der Waals surface area contributed by atoms with Crippen LogP contribution in [-0.4, -0.2) is 29.3 Å². The SMILES string of the molecule is Cc1cc(C(=O)NCC(=O)c2ccccc2)ccc1C(=O)O. The van der Waals surface area contributed by atoms with E-state index in [4.69, 9.17) is 5.11 Å². The maximum atomic E-state index is 12.0. The average Bonchev–Trinajstić information content (AvgIpc) is 2.52. The molecule has 0 unspecified atom stereocenters. The number of nitrogens with one attached hydrogen (secondary N) is 1. The van der Waals surface area contributed by atoms with Gasteiger partial charge in [0.1, 0.15) is 0 Å². The summed E-state index contributed by atoms with van der Waals surface area (Å²) < 4.78 is 0. The minimum absolute atomic E-state index is 0.109. The molecule has 22 heavy (non-hydrogen) atoms. The topological polar surface area (TPSA) is 83.5 Å². The fourth-order valence-electron chi connectivity index (χ4n) is 2.03. The second-order valence-corrected chi connectivity index (χ2v) is 4.81. The van der Waals surface area contributed by atoms with Gasteiger partial charge in [-0.25, -0.2) is 4.79 Å². The van der Waals surface area contributed by atoms with Crippen LogP contribution in [0.1, 0.15) is 36.6 Å². The summed E-state index contributed by atoms with van der Waals surface area (Å²) in [7, 11) is 0. The standard InChI is InChI=1S/C17H15NO4/c1-11-9-13(7-8-14(11)17(21)22)16(20)18-10-15(19)12-5-3-2-4-6-12/h2-9H,10H2,1H3,(H,18,20)(H,21,22). The van der Waals surface area contributed by atoms with Crippen molar-refractivity contribution in [2.75, 3.05) is 6.54 Å². The monoisotopic (exact) mass is 297 g/mol. The number of Topliss-reactive ketones (excluding diaryl/α,β-unsaturated/α-hetero) is 1. The van der Waals surface area contributed by atoms with E-state index in [1.807, 2.05) is 6.07 Å². The van der Waals surface area contributed by atoms with Gasteiger partial charge in [0.25, 0.3) is 5.91 Å². The first kappa shape index (κ1) is 15.4. The van der Waals surface area contributed by atoms with E-state index in [-0.39, 0.29) is 17.9 Å². The molecule has 5 heteroatoms. The summed E-state index contributed by atoms with van der Waals surface area (Å²) in [6.07, 6.45) is 0. The van der Waals surface area contributed by atoms with Crippen LogP contribution in [0.3, 0.4) is 0 Å². The van der Waals surface area contributed by atoms with Crippen LogP contribution in [0.25, 0.3) is 0 Å². The van der Waals surface area contributed by atoms with Gasteiger partial charge in [0.15, 0.2) is 5.78 Å². The van der Waals surface area contributed by atoms with E-state index >= 15 is 0 Å². The summed E-state index contributed by atoms with van der Waals surface area (Å²) in [6, 6.07) is 13.0. The zero-order valence-corrected chi connectivity index (χ0v) is 12.0. The normalized spacial score (nSPS) is 10.0. The van der Waals surface area contributed by atoms with Crippen molar-refractivity contribution in [3.05, 3.63) is 70.8 Å². The molecule has 0 fully saturated rings. The molecular weight excluding hydrogens is 282 g/mol. The second-order valence-electron chi connectivity index (χ2n) is 4.81. The molecule has 0 saturated heterocycles. The molecule has 0 spiro atoms. The summed E-state index contributed by atoms with van der Waals surface area (Å²) >= 11 is 0. The zero-order valence-electron chi connectivity index (χ0n) is 12.0. The van der Waals surface area contributed by atoms with E-state index in [1.54, 1.807) is 31.2 Å². The summed E-state index contributed by atoms with van der Waals surface area (Å²) in [5.41, 5.74) is 1.50. The Hall–Kier alpha value is -2.95. The largest absolute Gasteiger partial charge is 0.478 e. The lowest BCUT2D eigenvalue weighted by atomic mass is 10.0. The maximum absolute atomic E-state index is 12.0. The quantitative estimate of drug-likeness (QED) is 0.829. The molecule has 2 aromatic carbocycles. The third-order valence-corrected chi connectivity index (χ3v) is 3.22. The van der Waals surface area contributed by atoms with Crippen molar-refractivity contribution in [1.29, 1.82) is 0 Å². The third kappa shape index (κ3) is 3.58. The zero-order chi connectivity index (χ0) is 16.1. The van der Waals surface area contributed by atoms with Gasteiger partial charge in [-0.15, -0.1) is 0 Å². The van der Waals surface area contributed by atoms with E-state index in [0.29, 0.717) is 16.7 Å². The summed E-state index contributed by atoms with van der Waals surface area (Å²) in [4.78, 5) is 34.8. The Bertz CT molecular complexity index is 723. The number of carboxylic acid groups (broad SMARTS) is 1. The molecule has 5 nitrogen and oxygen atoms in total. The van der Waals surface area contributed by atoms with Crippen molar-refractivity contribution in [1.82, 2.24) is 5.32 Å². The molecule has 0 atom stereocenters. The minimum Gasteiger partial charge on any atom is -0.478 e. The van der Waals surface area contributed by atoms with Gasteiger partial charge in [0.05, 0.1) is 12.1 Å². The Labute approximate surface area is 127 Å². The van der Waals surface area contributed by atoms with Gasteiger partial charge in [-0.1, -0.05) is 30.3 Å². The first-order chi connectivity index (χ1) is 10.5. The van der Waals surface area contributed by atoms with Gasteiger partial charge in [0.2, 0.25) is 0 Å². The smallest absolute Gasteiger partial charge is 0.335 e. The molecule has 0 aromatic heterocycles. The molecule has 0 heterocycles. The van der Waals surface area contributed by atoms with Crippen molar-refractivity contribution in [3.8, 4) is 0 Å². The molecule has 0 aliphatic carbocycles. The van der Waals surface area contributed by atoms with Crippen molar-refractivity contribution < 1.29 is 19.5 Å². The van der Waals surface area contributed by atoms with E-state index in [9.17, 15) is 14.4 Å². The van der Waals surface area contributed by atoms with Crippen LogP contribution in [0, 0.1) is 6.92 Å². The van der Waals surface area contributed by atoms with Crippen LogP contribution in [0.5, 0.6) is 0 Å². The van der Waals surface area contributed by atoms with Crippen LogP contribution < -0.4 is 5.32 Å². The van der Waals surface area contributed by atoms with E-state index in [2.05, 4.69) is 5.32 Å². The van der Waals surface area contributed by atoms with E-state index in [1.165, 1.54) is 18.2 Å². The first-order valence-electron chi connectivity index (χ1n) is 6.69. The van der Waals surface area contributed by atoms with Crippen molar-refractivity contribution in [2.24, 2.45) is 0 Å². The number of carbonyl (C=O) groups excluding carboxylic acids is 2. The second kappa shape index (κ2) is 6.67. The maximum Gasteiger partial charge on any atom is 0.335 e. The molecule has 0 saturated carbocycles. The Kier molecular flexibility index (Phi) is 4.68. The number of aryl methyl sites for hydroxylation is 1. The Balaban J connectivity index is 2.02. The summed E-state index contributed by atoms with van der Waals surface area (Å²) in [6.45, 7) is 1.51. The number of carboxylic acids is 1. The lowest BCUT2D eigenvalue weighted by molar-refractivity contribution is 0.0695. The molecule has 0 aliphatic heterocycles. The molecule has 0 bridgehead atoms. The lowest BCUT2D eigenvalue weighted by Crippen LogP contribution is -2.29. The van der Waals surface area contributed by atoms with Gasteiger partial charge >= 0.3 is 5.97 Å². The van der Waals surface area contributed by atoms with Crippen molar-refractivity contribution >= 4 is 17.7 Å². The van der Waals surface area contributed by atoms with Crippen LogP contribution in [0.4, 0.5) is 0 Å². The Morgan fingerprint density at radius 1 is 1.00 bits per heavy atom. The number of benzene rings is 2. The van der Waals surface area contributed by atoms with Crippen molar-refractivity contribution in [3.63, 3.8) is 0 Å². The van der Waals surface area contributed by atoms with Crippen molar-refractivity contribution in [2.45, 2.75) is 6.92 Å². The first-order valence-corrected chi connectivity index (χ1v) is 6.69. The summed E-state index contributed by atoms with van der Waals surface area (Å²) in [5.74, 6) is -1.64. The third-order valence-electron chi connectivity index (χ3n) is 3.22. The van der Waals surface area contributed by atoms with E-state index < -0.39 is 11.9 Å². The molecule has 2 rings (SSSR count). The lowest BCUT2D eigenvalue weighted by Gasteiger charge is -2.07. The average molecular weight is 297 g/mol. The van der Waals surface area contributed by atoms with E-state index in [0.717, 1.165) is 0 Å². The molecule has 1 amide bonds. The van der Waals surface area contributed by atoms with Crippen LogP contribution in [0.15, 0.2) is 48.5 Å². The molecule has 112 valence electrons. The van der Waals surface area contributed by atoms with Gasteiger partial charge in [-0.2, -0.15) is 0 Å². The highest BCUT2D eigenvalue weighted by molar-refractivity contribution is 6.02. The van der Waals surface area contributed by atoms with Gasteiger partial charge < -0.3 is 10.4 Å². The van der Waals surface area contributed by atoms with Gasteiger partial charge in [0, 0.05) is 11.1 Å². The number of aromatic carboxylic acids is 1. The fraction of sp³-hybridized carbons (Fsp3) is 0.118. The predicted molar refractivity (Wildman–Crippen MR) is 81.2 cm³/mol. The highest BCUT2D eigenvalue weighted by atomic mass is 16.4. The molecule has 0 aliphatic rings. The highest BCUT2D eigenvalue weighted by Crippen LogP contribution is 2.11.